The largest absolute Gasteiger partial charge is 0.491 e. The summed E-state index contributed by atoms with van der Waals surface area (Å²) < 4.78 is 18.5. The molecule has 0 saturated carbocycles. The number of hydrogen-bond acceptors (Lipinski definition) is 6. The SMILES string of the molecule is Cc1ccc(OCCOCCOc2ccccc2/C=N/n2cnnc2)cc1. The van der Waals surface area contributed by atoms with Crippen LogP contribution in [0.25, 0.3) is 0 Å². The molecule has 0 aliphatic rings. The normalized spacial score (nSPS) is 11.0. The van der Waals surface area contributed by atoms with Crippen LogP contribution < -0.4 is 9.47 Å². The molecular weight excluding hydrogens is 344 g/mol. The van der Waals surface area contributed by atoms with Gasteiger partial charge in [0.25, 0.3) is 0 Å². The van der Waals surface area contributed by atoms with Gasteiger partial charge >= 0.3 is 0 Å². The van der Waals surface area contributed by atoms with E-state index in [1.807, 2.05) is 55.5 Å². The van der Waals surface area contributed by atoms with E-state index in [0.717, 1.165) is 17.1 Å². The van der Waals surface area contributed by atoms with Gasteiger partial charge in [-0.1, -0.05) is 29.8 Å². The number of para-hydroxylation sites is 1. The van der Waals surface area contributed by atoms with Crippen molar-refractivity contribution < 1.29 is 14.2 Å². The first kappa shape index (κ1) is 18.6. The zero-order chi connectivity index (χ0) is 18.7. The Bertz CT molecular complexity index is 833. The van der Waals surface area contributed by atoms with Gasteiger partial charge in [-0.15, -0.1) is 10.2 Å². The fourth-order valence-corrected chi connectivity index (χ4v) is 2.27. The van der Waals surface area contributed by atoms with E-state index in [-0.39, 0.29) is 0 Å². The van der Waals surface area contributed by atoms with Gasteiger partial charge in [-0.3, -0.25) is 0 Å². The molecule has 0 radical (unpaired) electrons. The summed E-state index contributed by atoms with van der Waals surface area (Å²) in [5, 5.41) is 11.7. The van der Waals surface area contributed by atoms with Crippen molar-refractivity contribution in [3.63, 3.8) is 0 Å². The molecule has 0 aliphatic heterocycles. The van der Waals surface area contributed by atoms with Crippen LogP contribution >= 0.6 is 0 Å². The standard InChI is InChI=1S/C20H22N4O3/c1-17-6-8-19(9-7-17)26-12-10-25-11-13-27-20-5-3-2-4-18(20)14-23-24-15-21-22-16-24/h2-9,14-16H,10-13H2,1H3/b23-14+. The van der Waals surface area contributed by atoms with Crippen LogP contribution in [-0.4, -0.2) is 47.5 Å². The van der Waals surface area contributed by atoms with Gasteiger partial charge in [0.1, 0.15) is 37.4 Å². The molecule has 0 spiro atoms. The first-order valence-electron chi connectivity index (χ1n) is 8.69. The Morgan fingerprint density at radius 3 is 2.37 bits per heavy atom. The molecule has 140 valence electrons. The van der Waals surface area contributed by atoms with Crippen LogP contribution in [0.2, 0.25) is 0 Å². The molecule has 7 nitrogen and oxygen atoms in total. The second-order valence-electron chi connectivity index (χ2n) is 5.75. The van der Waals surface area contributed by atoms with E-state index in [1.165, 1.54) is 22.9 Å². The lowest BCUT2D eigenvalue weighted by atomic mass is 10.2. The van der Waals surface area contributed by atoms with Gasteiger partial charge in [0.15, 0.2) is 0 Å². The molecule has 0 amide bonds. The number of nitrogens with zero attached hydrogens (tertiary/aromatic N) is 4. The summed E-state index contributed by atoms with van der Waals surface area (Å²) in [6.45, 7) is 3.99. The number of aromatic nitrogens is 3. The Hall–Kier alpha value is -3.19. The summed E-state index contributed by atoms with van der Waals surface area (Å²) in [4.78, 5) is 0. The topological polar surface area (TPSA) is 70.8 Å². The van der Waals surface area contributed by atoms with Crippen LogP contribution in [0.1, 0.15) is 11.1 Å². The summed E-state index contributed by atoms with van der Waals surface area (Å²) in [6, 6.07) is 15.6. The highest BCUT2D eigenvalue weighted by Crippen LogP contribution is 2.16. The van der Waals surface area contributed by atoms with E-state index in [4.69, 9.17) is 14.2 Å². The van der Waals surface area contributed by atoms with E-state index in [1.54, 1.807) is 6.21 Å². The Balaban J connectivity index is 1.36. The number of rotatable bonds is 10. The molecule has 0 fully saturated rings. The predicted molar refractivity (Wildman–Crippen MR) is 102 cm³/mol. The van der Waals surface area contributed by atoms with Crippen molar-refractivity contribution in [1.29, 1.82) is 0 Å². The first-order chi connectivity index (χ1) is 13.3. The molecule has 3 aromatic rings. The average Bonchev–Trinajstić information content (AvgIpc) is 3.21. The minimum atomic E-state index is 0.446. The van der Waals surface area contributed by atoms with Gasteiger partial charge in [-0.2, -0.15) is 5.10 Å². The monoisotopic (exact) mass is 366 g/mol. The summed E-state index contributed by atoms with van der Waals surface area (Å²) in [7, 11) is 0. The van der Waals surface area contributed by atoms with Crippen LogP contribution in [-0.2, 0) is 4.74 Å². The van der Waals surface area contributed by atoms with Crippen LogP contribution in [0.3, 0.4) is 0 Å². The number of aryl methyl sites for hydroxylation is 1. The maximum atomic E-state index is 5.79. The highest BCUT2D eigenvalue weighted by Gasteiger charge is 2.01. The molecule has 3 rings (SSSR count). The fourth-order valence-electron chi connectivity index (χ4n) is 2.27. The molecule has 7 heteroatoms. The molecule has 2 aromatic carbocycles. The Labute approximate surface area is 158 Å². The third-order valence-corrected chi connectivity index (χ3v) is 3.66. The van der Waals surface area contributed by atoms with Gasteiger partial charge in [0, 0.05) is 5.56 Å². The Morgan fingerprint density at radius 1 is 0.889 bits per heavy atom. The molecule has 0 saturated heterocycles. The van der Waals surface area contributed by atoms with Gasteiger partial charge in [0.05, 0.1) is 19.4 Å². The van der Waals surface area contributed by atoms with Crippen LogP contribution in [0.5, 0.6) is 11.5 Å². The lowest BCUT2D eigenvalue weighted by Gasteiger charge is -2.10. The average molecular weight is 366 g/mol. The first-order valence-corrected chi connectivity index (χ1v) is 8.69. The lowest BCUT2D eigenvalue weighted by Crippen LogP contribution is -2.12. The van der Waals surface area contributed by atoms with E-state index in [0.29, 0.717) is 26.4 Å². The van der Waals surface area contributed by atoms with Crippen molar-refractivity contribution in [2.45, 2.75) is 6.92 Å². The maximum Gasteiger partial charge on any atom is 0.141 e. The summed E-state index contributed by atoms with van der Waals surface area (Å²) in [6.07, 6.45) is 4.74. The van der Waals surface area contributed by atoms with Crippen molar-refractivity contribution in [2.24, 2.45) is 5.10 Å². The second-order valence-corrected chi connectivity index (χ2v) is 5.75. The summed E-state index contributed by atoms with van der Waals surface area (Å²) in [5.41, 5.74) is 2.08. The van der Waals surface area contributed by atoms with Gasteiger partial charge in [-0.25, -0.2) is 4.68 Å². The lowest BCUT2D eigenvalue weighted by molar-refractivity contribution is 0.0764. The highest BCUT2D eigenvalue weighted by molar-refractivity contribution is 5.83. The highest BCUT2D eigenvalue weighted by atomic mass is 16.5. The van der Waals surface area contributed by atoms with Crippen molar-refractivity contribution in [3.05, 3.63) is 72.3 Å². The molecule has 1 aromatic heterocycles. The van der Waals surface area contributed by atoms with E-state index >= 15 is 0 Å². The number of hydrogen-bond donors (Lipinski definition) is 0. The third-order valence-electron chi connectivity index (χ3n) is 3.66. The number of benzene rings is 2. The smallest absolute Gasteiger partial charge is 0.141 e. The van der Waals surface area contributed by atoms with Gasteiger partial charge in [-0.05, 0) is 31.2 Å². The van der Waals surface area contributed by atoms with Gasteiger partial charge < -0.3 is 14.2 Å². The van der Waals surface area contributed by atoms with Crippen LogP contribution in [0.15, 0.2) is 66.3 Å². The molecule has 0 N–H and O–H groups in total. The zero-order valence-electron chi connectivity index (χ0n) is 15.2. The van der Waals surface area contributed by atoms with E-state index in [2.05, 4.69) is 15.3 Å². The third kappa shape index (κ3) is 6.23. The Morgan fingerprint density at radius 2 is 1.59 bits per heavy atom. The number of ether oxygens (including phenoxy) is 3. The molecule has 0 atom stereocenters. The maximum absolute atomic E-state index is 5.79. The molecule has 0 bridgehead atoms. The molecule has 27 heavy (non-hydrogen) atoms. The zero-order valence-corrected chi connectivity index (χ0v) is 15.2. The molecule has 0 unspecified atom stereocenters. The second kappa shape index (κ2) is 10.1. The minimum Gasteiger partial charge on any atom is -0.491 e. The summed E-state index contributed by atoms with van der Waals surface area (Å²) >= 11 is 0. The van der Waals surface area contributed by atoms with E-state index in [9.17, 15) is 0 Å². The molecule has 0 aliphatic carbocycles. The minimum absolute atomic E-state index is 0.446. The van der Waals surface area contributed by atoms with E-state index < -0.39 is 0 Å². The van der Waals surface area contributed by atoms with Crippen LogP contribution in [0.4, 0.5) is 0 Å². The molecular formula is C20H22N4O3. The van der Waals surface area contributed by atoms with Crippen molar-refractivity contribution in [2.75, 3.05) is 26.4 Å². The van der Waals surface area contributed by atoms with Crippen molar-refractivity contribution in [1.82, 2.24) is 14.9 Å². The Kier molecular flexibility index (Phi) is 6.94. The van der Waals surface area contributed by atoms with Crippen LogP contribution in [0, 0.1) is 6.92 Å². The quantitative estimate of drug-likeness (QED) is 0.407. The fraction of sp³-hybridized carbons (Fsp3) is 0.250. The predicted octanol–water partition coefficient (Wildman–Crippen LogP) is 2.94. The van der Waals surface area contributed by atoms with Crippen molar-refractivity contribution in [3.8, 4) is 11.5 Å². The summed E-state index contributed by atoms with van der Waals surface area (Å²) in [5.74, 6) is 1.59. The van der Waals surface area contributed by atoms with Gasteiger partial charge in [0.2, 0.25) is 0 Å². The van der Waals surface area contributed by atoms with Crippen molar-refractivity contribution >= 4 is 6.21 Å². The molecule has 1 heterocycles.